The number of aromatic nitrogens is 3. The topological polar surface area (TPSA) is 94.3 Å². The van der Waals surface area contributed by atoms with Gasteiger partial charge in [0.05, 0.1) is 18.8 Å². The third-order valence-corrected chi connectivity index (χ3v) is 2.64. The average Bonchev–Trinajstić information content (AvgIpc) is 2.46. The minimum absolute atomic E-state index is 0.177. The number of methoxy groups -OCH3 is 1. The van der Waals surface area contributed by atoms with Crippen LogP contribution in [0.15, 0.2) is 35.3 Å². The molecule has 2 rings (SSSR count). The van der Waals surface area contributed by atoms with Crippen LogP contribution in [0.25, 0.3) is 11.4 Å². The predicted molar refractivity (Wildman–Crippen MR) is 70.6 cm³/mol. The Hall–Kier alpha value is -2.54. The van der Waals surface area contributed by atoms with E-state index in [1.165, 1.54) is 13.2 Å². The zero-order valence-corrected chi connectivity index (χ0v) is 10.8. The largest absolute Gasteiger partial charge is 0.477 e. The third kappa shape index (κ3) is 2.89. The molecule has 104 valence electrons. The van der Waals surface area contributed by atoms with Gasteiger partial charge in [-0.05, 0) is 18.2 Å². The van der Waals surface area contributed by atoms with E-state index in [1.54, 1.807) is 24.4 Å². The van der Waals surface area contributed by atoms with Gasteiger partial charge in [0.1, 0.15) is 11.3 Å². The Morgan fingerprint density at radius 1 is 1.40 bits per heavy atom. The fourth-order valence-electron chi connectivity index (χ4n) is 1.66. The highest BCUT2D eigenvalue weighted by Gasteiger charge is 2.15. The van der Waals surface area contributed by atoms with Crippen molar-refractivity contribution in [2.75, 3.05) is 13.7 Å². The lowest BCUT2D eigenvalue weighted by molar-refractivity contribution is 0.0693. The van der Waals surface area contributed by atoms with E-state index in [9.17, 15) is 9.59 Å². The van der Waals surface area contributed by atoms with Crippen LogP contribution in [0.1, 0.15) is 10.4 Å². The van der Waals surface area contributed by atoms with Crippen molar-refractivity contribution in [3.8, 4) is 11.4 Å². The second kappa shape index (κ2) is 6.07. The Morgan fingerprint density at radius 2 is 2.20 bits per heavy atom. The zero-order chi connectivity index (χ0) is 14.5. The second-order valence-electron chi connectivity index (χ2n) is 3.98. The molecule has 0 fully saturated rings. The zero-order valence-electron chi connectivity index (χ0n) is 10.8. The molecule has 0 spiro atoms. The Morgan fingerprint density at radius 3 is 2.80 bits per heavy atom. The third-order valence-electron chi connectivity index (χ3n) is 2.64. The van der Waals surface area contributed by atoms with Crippen LogP contribution < -0.4 is 5.56 Å². The van der Waals surface area contributed by atoms with E-state index < -0.39 is 11.5 Å². The van der Waals surface area contributed by atoms with Crippen molar-refractivity contribution < 1.29 is 14.6 Å². The molecule has 0 bridgehead atoms. The Labute approximate surface area is 114 Å². The van der Waals surface area contributed by atoms with Crippen molar-refractivity contribution in [3.05, 3.63) is 46.4 Å². The molecule has 0 aromatic carbocycles. The molecule has 0 amide bonds. The van der Waals surface area contributed by atoms with Crippen molar-refractivity contribution in [2.45, 2.75) is 6.54 Å². The quantitative estimate of drug-likeness (QED) is 0.861. The molecule has 0 saturated heterocycles. The number of carbonyl (C=O) groups is 1. The van der Waals surface area contributed by atoms with Gasteiger partial charge in [-0.25, -0.2) is 9.48 Å². The number of carboxylic acid groups (broad SMARTS) is 1. The first-order valence-corrected chi connectivity index (χ1v) is 5.89. The summed E-state index contributed by atoms with van der Waals surface area (Å²) in [7, 11) is 1.49. The van der Waals surface area contributed by atoms with Gasteiger partial charge < -0.3 is 9.84 Å². The summed E-state index contributed by atoms with van der Waals surface area (Å²) < 4.78 is 5.96. The lowest BCUT2D eigenvalue weighted by Crippen LogP contribution is -2.30. The van der Waals surface area contributed by atoms with Gasteiger partial charge in [-0.2, -0.15) is 5.10 Å². The number of carboxylic acids is 1. The fourth-order valence-corrected chi connectivity index (χ4v) is 1.66. The maximum atomic E-state index is 11.9. The summed E-state index contributed by atoms with van der Waals surface area (Å²) in [4.78, 5) is 27.2. The van der Waals surface area contributed by atoms with E-state index in [0.29, 0.717) is 11.4 Å². The predicted octanol–water partition coefficient (Wildman–Crippen LogP) is 0.650. The maximum Gasteiger partial charge on any atom is 0.341 e. The van der Waals surface area contributed by atoms with Crippen molar-refractivity contribution in [2.24, 2.45) is 0 Å². The highest BCUT2D eigenvalue weighted by atomic mass is 16.5. The van der Waals surface area contributed by atoms with Crippen LogP contribution >= 0.6 is 0 Å². The Kier molecular flexibility index (Phi) is 4.21. The molecule has 0 aliphatic heterocycles. The monoisotopic (exact) mass is 275 g/mol. The van der Waals surface area contributed by atoms with Crippen LogP contribution in [0, 0.1) is 0 Å². The number of nitrogens with zero attached hydrogens (tertiary/aromatic N) is 3. The van der Waals surface area contributed by atoms with Gasteiger partial charge in [-0.3, -0.25) is 9.78 Å². The van der Waals surface area contributed by atoms with Crippen LogP contribution in [0.4, 0.5) is 0 Å². The first kappa shape index (κ1) is 13.9. The molecule has 7 nitrogen and oxygen atoms in total. The highest BCUT2D eigenvalue weighted by Crippen LogP contribution is 2.12. The molecular weight excluding hydrogens is 262 g/mol. The lowest BCUT2D eigenvalue weighted by Gasteiger charge is -2.08. The van der Waals surface area contributed by atoms with Crippen molar-refractivity contribution in [1.82, 2.24) is 14.8 Å². The molecule has 2 heterocycles. The van der Waals surface area contributed by atoms with E-state index in [1.807, 2.05) is 0 Å². The molecule has 0 aliphatic carbocycles. The molecular formula is C13H13N3O4. The van der Waals surface area contributed by atoms with E-state index in [4.69, 9.17) is 9.84 Å². The lowest BCUT2D eigenvalue weighted by atomic mass is 10.2. The van der Waals surface area contributed by atoms with Gasteiger partial charge in [-0.1, -0.05) is 6.07 Å². The SMILES string of the molecule is COCCn1nc(-c2ccccn2)cc(C(=O)O)c1=O. The minimum atomic E-state index is -1.29. The van der Waals surface area contributed by atoms with Crippen LogP contribution in [0.5, 0.6) is 0 Å². The number of hydrogen-bond acceptors (Lipinski definition) is 5. The van der Waals surface area contributed by atoms with Gasteiger partial charge in [0.25, 0.3) is 5.56 Å². The molecule has 2 aromatic heterocycles. The average molecular weight is 275 g/mol. The minimum Gasteiger partial charge on any atom is -0.477 e. The summed E-state index contributed by atoms with van der Waals surface area (Å²) in [6.45, 7) is 0.438. The van der Waals surface area contributed by atoms with Crippen molar-refractivity contribution >= 4 is 5.97 Å². The molecule has 0 saturated carbocycles. The summed E-state index contributed by atoms with van der Waals surface area (Å²) >= 11 is 0. The fraction of sp³-hybridized carbons (Fsp3) is 0.231. The molecule has 0 aliphatic rings. The van der Waals surface area contributed by atoms with Crippen molar-refractivity contribution in [1.29, 1.82) is 0 Å². The summed E-state index contributed by atoms with van der Waals surface area (Å²) in [5.74, 6) is -1.29. The molecule has 0 radical (unpaired) electrons. The first-order chi connectivity index (χ1) is 9.63. The molecule has 0 atom stereocenters. The van der Waals surface area contributed by atoms with E-state index in [-0.39, 0.29) is 18.7 Å². The molecule has 1 N–H and O–H groups in total. The number of hydrogen-bond donors (Lipinski definition) is 1. The van der Waals surface area contributed by atoms with Crippen molar-refractivity contribution in [3.63, 3.8) is 0 Å². The highest BCUT2D eigenvalue weighted by molar-refractivity contribution is 5.88. The molecule has 2 aromatic rings. The normalized spacial score (nSPS) is 10.4. The van der Waals surface area contributed by atoms with Crippen LogP contribution in [0.3, 0.4) is 0 Å². The number of aromatic carboxylic acids is 1. The number of ether oxygens (including phenoxy) is 1. The molecule has 20 heavy (non-hydrogen) atoms. The van der Waals surface area contributed by atoms with Gasteiger partial charge in [-0.15, -0.1) is 0 Å². The molecule has 7 heteroatoms. The van der Waals surface area contributed by atoms with E-state index >= 15 is 0 Å². The summed E-state index contributed by atoms with van der Waals surface area (Å²) in [5.41, 5.74) is -0.161. The molecule has 0 unspecified atom stereocenters. The van der Waals surface area contributed by atoms with Gasteiger partial charge in [0.2, 0.25) is 0 Å². The van der Waals surface area contributed by atoms with Gasteiger partial charge in [0, 0.05) is 13.3 Å². The van der Waals surface area contributed by atoms with E-state index in [2.05, 4.69) is 10.1 Å². The Bertz CT molecular complexity index is 667. The van der Waals surface area contributed by atoms with Crippen LogP contribution in [-0.4, -0.2) is 39.6 Å². The number of pyridine rings is 1. The van der Waals surface area contributed by atoms with Gasteiger partial charge >= 0.3 is 5.97 Å². The summed E-state index contributed by atoms with van der Waals surface area (Å²) in [6, 6.07) is 6.42. The standard InChI is InChI=1S/C13H13N3O4/c1-20-7-6-16-12(17)9(13(18)19)8-11(15-16)10-4-2-3-5-14-10/h2-5,8H,6-7H2,1H3,(H,18,19). The first-order valence-electron chi connectivity index (χ1n) is 5.89. The second-order valence-corrected chi connectivity index (χ2v) is 3.98. The smallest absolute Gasteiger partial charge is 0.341 e. The van der Waals surface area contributed by atoms with Gasteiger partial charge in [0.15, 0.2) is 0 Å². The van der Waals surface area contributed by atoms with E-state index in [0.717, 1.165) is 4.68 Å². The summed E-state index contributed by atoms with van der Waals surface area (Å²) in [5, 5.41) is 13.2. The maximum absolute atomic E-state index is 11.9. The van der Waals surface area contributed by atoms with Crippen LogP contribution in [0.2, 0.25) is 0 Å². The Balaban J connectivity index is 2.56. The van der Waals surface area contributed by atoms with Crippen LogP contribution in [-0.2, 0) is 11.3 Å². The summed E-state index contributed by atoms with van der Waals surface area (Å²) in [6.07, 6.45) is 1.57. The number of rotatable bonds is 5.